The number of aliphatic carboxylic acids is 1. The number of carboxylic acid groups (broad SMARTS) is 1. The summed E-state index contributed by atoms with van der Waals surface area (Å²) in [7, 11) is 0. The van der Waals surface area contributed by atoms with Crippen LogP contribution in [-0.2, 0) is 9.59 Å². The van der Waals surface area contributed by atoms with E-state index in [1.54, 1.807) is 6.92 Å². The number of anilines is 1. The molecule has 3 N–H and O–H groups in total. The first kappa shape index (κ1) is 24.5. The van der Waals surface area contributed by atoms with Crippen molar-refractivity contribution in [2.24, 2.45) is 0 Å². The second-order valence-electron chi connectivity index (χ2n) is 9.07. The second-order valence-corrected chi connectivity index (χ2v) is 9.07. The van der Waals surface area contributed by atoms with Crippen LogP contribution in [-0.4, -0.2) is 34.6 Å². The molecule has 0 radical (unpaired) electrons. The Hall–Kier alpha value is -3.15. The molecule has 2 aromatic rings. The van der Waals surface area contributed by atoms with Crippen LogP contribution in [0.25, 0.3) is 17.2 Å². The van der Waals surface area contributed by atoms with Crippen LogP contribution in [0.1, 0.15) is 66.8 Å². The molecular formula is C27H35N3O3. The highest BCUT2D eigenvalue weighted by molar-refractivity contribution is 5.98. The van der Waals surface area contributed by atoms with Crippen molar-refractivity contribution in [1.82, 2.24) is 10.3 Å². The Bertz CT molecular complexity index is 1040. The molecular weight excluding hydrogens is 414 g/mol. The van der Waals surface area contributed by atoms with Gasteiger partial charge in [-0.15, -0.1) is 0 Å². The van der Waals surface area contributed by atoms with Gasteiger partial charge in [0.1, 0.15) is 5.82 Å². The van der Waals surface area contributed by atoms with E-state index >= 15 is 0 Å². The Morgan fingerprint density at radius 3 is 2.24 bits per heavy atom. The number of benzene rings is 1. The SMILES string of the molecule is C/C(=C\c1c(C)c(C)c(-c2ccc(NC3CCCC3)nc2)c(C)c1C)C(=O)NCCC(=O)O. The number of hydrogen-bond donors (Lipinski definition) is 3. The molecule has 6 nitrogen and oxygen atoms in total. The Morgan fingerprint density at radius 2 is 1.70 bits per heavy atom. The molecule has 1 saturated carbocycles. The maximum absolute atomic E-state index is 12.4. The normalized spacial score (nSPS) is 14.4. The monoisotopic (exact) mass is 449 g/mol. The zero-order valence-electron chi connectivity index (χ0n) is 20.3. The van der Waals surface area contributed by atoms with Gasteiger partial charge in [0.2, 0.25) is 5.91 Å². The van der Waals surface area contributed by atoms with Crippen LogP contribution < -0.4 is 10.6 Å². The van der Waals surface area contributed by atoms with Crippen LogP contribution in [0.15, 0.2) is 23.9 Å². The van der Waals surface area contributed by atoms with Crippen molar-refractivity contribution in [2.45, 2.75) is 72.8 Å². The van der Waals surface area contributed by atoms with E-state index in [0.717, 1.165) is 28.1 Å². The van der Waals surface area contributed by atoms with Crippen molar-refractivity contribution >= 4 is 23.8 Å². The first-order valence-electron chi connectivity index (χ1n) is 11.7. The third kappa shape index (κ3) is 5.81. The first-order chi connectivity index (χ1) is 15.7. The number of rotatable bonds is 8. The van der Waals surface area contributed by atoms with Gasteiger partial charge in [0.25, 0.3) is 0 Å². The van der Waals surface area contributed by atoms with Crippen LogP contribution >= 0.6 is 0 Å². The molecule has 1 aromatic heterocycles. The number of nitrogens with one attached hydrogen (secondary N) is 2. The fraction of sp³-hybridized carbons (Fsp3) is 0.444. The molecule has 1 aliphatic carbocycles. The first-order valence-corrected chi connectivity index (χ1v) is 11.7. The Kier molecular flexibility index (Phi) is 7.90. The second kappa shape index (κ2) is 10.6. The molecule has 0 atom stereocenters. The number of pyridine rings is 1. The number of hydrogen-bond acceptors (Lipinski definition) is 4. The molecule has 1 amide bonds. The van der Waals surface area contributed by atoms with E-state index in [9.17, 15) is 9.59 Å². The van der Waals surface area contributed by atoms with E-state index in [-0.39, 0.29) is 18.9 Å². The lowest BCUT2D eigenvalue weighted by Gasteiger charge is -2.20. The van der Waals surface area contributed by atoms with Gasteiger partial charge in [0.05, 0.1) is 6.42 Å². The molecule has 0 spiro atoms. The molecule has 33 heavy (non-hydrogen) atoms. The van der Waals surface area contributed by atoms with Crippen molar-refractivity contribution in [1.29, 1.82) is 0 Å². The van der Waals surface area contributed by atoms with Crippen molar-refractivity contribution in [3.63, 3.8) is 0 Å². The number of aromatic nitrogens is 1. The Balaban J connectivity index is 1.86. The summed E-state index contributed by atoms with van der Waals surface area (Å²) < 4.78 is 0. The van der Waals surface area contributed by atoms with E-state index in [1.165, 1.54) is 42.4 Å². The predicted octanol–water partition coefficient (Wildman–Crippen LogP) is 5.33. The number of nitrogens with zero attached hydrogens (tertiary/aromatic N) is 1. The maximum Gasteiger partial charge on any atom is 0.305 e. The van der Waals surface area contributed by atoms with Crippen LogP contribution in [0.5, 0.6) is 0 Å². The minimum absolute atomic E-state index is 0.0903. The highest BCUT2D eigenvalue weighted by Crippen LogP contribution is 2.35. The van der Waals surface area contributed by atoms with Gasteiger partial charge in [-0.05, 0) is 99.0 Å². The van der Waals surface area contributed by atoms with Crippen LogP contribution in [0, 0.1) is 27.7 Å². The average Bonchev–Trinajstić information content (AvgIpc) is 3.29. The third-order valence-electron chi connectivity index (χ3n) is 6.79. The van der Waals surface area contributed by atoms with Gasteiger partial charge < -0.3 is 15.7 Å². The zero-order chi connectivity index (χ0) is 24.1. The lowest BCUT2D eigenvalue weighted by Crippen LogP contribution is -2.26. The molecule has 0 saturated heterocycles. The molecule has 176 valence electrons. The number of carbonyl (C=O) groups is 2. The summed E-state index contributed by atoms with van der Waals surface area (Å²) in [6.07, 6.45) is 8.76. The molecule has 1 fully saturated rings. The van der Waals surface area contributed by atoms with Crippen LogP contribution in [0.3, 0.4) is 0 Å². The van der Waals surface area contributed by atoms with Crippen LogP contribution in [0.4, 0.5) is 5.82 Å². The highest BCUT2D eigenvalue weighted by Gasteiger charge is 2.18. The Morgan fingerprint density at radius 1 is 1.06 bits per heavy atom. The van der Waals surface area contributed by atoms with Crippen LogP contribution in [0.2, 0.25) is 0 Å². The maximum atomic E-state index is 12.4. The largest absolute Gasteiger partial charge is 0.481 e. The summed E-state index contributed by atoms with van der Waals surface area (Å²) in [6.45, 7) is 10.3. The number of amides is 1. The number of carbonyl (C=O) groups excluding carboxylic acids is 1. The van der Waals surface area contributed by atoms with Gasteiger partial charge in [-0.2, -0.15) is 0 Å². The fourth-order valence-corrected chi connectivity index (χ4v) is 4.60. The van der Waals surface area contributed by atoms with Gasteiger partial charge >= 0.3 is 5.97 Å². The highest BCUT2D eigenvalue weighted by atomic mass is 16.4. The number of carboxylic acids is 1. The van der Waals surface area contributed by atoms with Crippen molar-refractivity contribution in [2.75, 3.05) is 11.9 Å². The Labute approximate surface area is 196 Å². The van der Waals surface area contributed by atoms with E-state index in [4.69, 9.17) is 5.11 Å². The van der Waals surface area contributed by atoms with Crippen molar-refractivity contribution in [3.05, 3.63) is 51.7 Å². The summed E-state index contributed by atoms with van der Waals surface area (Å²) in [4.78, 5) is 27.7. The molecule has 1 heterocycles. The average molecular weight is 450 g/mol. The standard InChI is InChI=1S/C27H35N3O3/c1-16(27(33)28-13-12-25(31)32)14-23-17(2)19(4)26(20(5)18(23)3)21-10-11-24(29-15-21)30-22-8-6-7-9-22/h10-11,14-15,22H,6-9,12-13H2,1-5H3,(H,28,33)(H,29,30)(H,31,32)/b16-14+. The molecule has 0 aliphatic heterocycles. The summed E-state index contributed by atoms with van der Waals surface area (Å²) in [6, 6.07) is 4.73. The topological polar surface area (TPSA) is 91.3 Å². The van der Waals surface area contributed by atoms with Gasteiger partial charge in [0, 0.05) is 29.9 Å². The van der Waals surface area contributed by atoms with Gasteiger partial charge in [-0.25, -0.2) is 4.98 Å². The van der Waals surface area contributed by atoms with E-state index in [0.29, 0.717) is 11.6 Å². The minimum Gasteiger partial charge on any atom is -0.481 e. The molecule has 0 bridgehead atoms. The molecule has 6 heteroatoms. The summed E-state index contributed by atoms with van der Waals surface area (Å²) in [5.41, 5.74) is 8.45. The van der Waals surface area contributed by atoms with E-state index in [1.807, 2.05) is 12.3 Å². The smallest absolute Gasteiger partial charge is 0.305 e. The summed E-state index contributed by atoms with van der Waals surface area (Å²) in [5, 5.41) is 15.0. The van der Waals surface area contributed by atoms with E-state index < -0.39 is 5.97 Å². The van der Waals surface area contributed by atoms with Gasteiger partial charge in [-0.3, -0.25) is 9.59 Å². The fourth-order valence-electron chi connectivity index (χ4n) is 4.60. The van der Waals surface area contributed by atoms with Gasteiger partial charge in [-0.1, -0.05) is 12.8 Å². The quantitative estimate of drug-likeness (QED) is 0.474. The molecule has 0 unspecified atom stereocenters. The molecule has 1 aliphatic rings. The predicted molar refractivity (Wildman–Crippen MR) is 133 cm³/mol. The summed E-state index contributed by atoms with van der Waals surface area (Å²) >= 11 is 0. The van der Waals surface area contributed by atoms with Gasteiger partial charge in [0.15, 0.2) is 0 Å². The summed E-state index contributed by atoms with van der Waals surface area (Å²) in [5.74, 6) is -0.246. The molecule has 1 aromatic carbocycles. The lowest BCUT2D eigenvalue weighted by atomic mass is 9.85. The zero-order valence-corrected chi connectivity index (χ0v) is 20.3. The molecule has 3 rings (SSSR count). The van der Waals surface area contributed by atoms with Crippen molar-refractivity contribution < 1.29 is 14.7 Å². The minimum atomic E-state index is -0.928. The van der Waals surface area contributed by atoms with Crippen molar-refractivity contribution in [3.8, 4) is 11.1 Å². The van der Waals surface area contributed by atoms with E-state index in [2.05, 4.69) is 55.4 Å². The lowest BCUT2D eigenvalue weighted by molar-refractivity contribution is -0.136. The third-order valence-corrected chi connectivity index (χ3v) is 6.79.